The second kappa shape index (κ2) is 7.74. The Bertz CT molecular complexity index is 779. The van der Waals surface area contributed by atoms with Gasteiger partial charge in [-0.25, -0.2) is 9.18 Å². The van der Waals surface area contributed by atoms with E-state index in [-0.39, 0.29) is 23.7 Å². The summed E-state index contributed by atoms with van der Waals surface area (Å²) in [6.45, 7) is 4.97. The maximum Gasteiger partial charge on any atom is 0.341 e. The minimum absolute atomic E-state index is 0.0588. The van der Waals surface area contributed by atoms with Crippen LogP contribution in [-0.4, -0.2) is 22.8 Å². The van der Waals surface area contributed by atoms with Gasteiger partial charge >= 0.3 is 5.97 Å². The molecule has 0 unspecified atom stereocenters. The summed E-state index contributed by atoms with van der Waals surface area (Å²) in [5.74, 6) is -1.37. The van der Waals surface area contributed by atoms with Gasteiger partial charge in [0.05, 0.1) is 0 Å². The third-order valence-corrected chi connectivity index (χ3v) is 4.27. The number of hydrogen-bond acceptors (Lipinski definition) is 3. The normalized spacial score (nSPS) is 11.0. The minimum Gasteiger partial charge on any atom is -0.508 e. The van der Waals surface area contributed by atoms with E-state index in [1.165, 1.54) is 12.1 Å². The summed E-state index contributed by atoms with van der Waals surface area (Å²) in [7, 11) is 0. The van der Waals surface area contributed by atoms with Crippen molar-refractivity contribution in [3.8, 4) is 11.5 Å². The zero-order chi connectivity index (χ0) is 18.7. The predicted molar refractivity (Wildman–Crippen MR) is 94.3 cm³/mol. The molecule has 0 fully saturated rings. The zero-order valence-corrected chi connectivity index (χ0v) is 15.0. The summed E-state index contributed by atoms with van der Waals surface area (Å²) in [5, 5.41) is 18.9. The molecular weight excluding hydrogens is 347 g/mol. The van der Waals surface area contributed by atoms with E-state index in [0.717, 1.165) is 11.1 Å². The van der Waals surface area contributed by atoms with Crippen LogP contribution >= 0.6 is 11.6 Å². The SMILES string of the molecule is Cc1cc(OCC(=O)O)cc(Cl)c1Cc1ccc(O)c(C(C)C)c1F. The highest BCUT2D eigenvalue weighted by molar-refractivity contribution is 6.31. The summed E-state index contributed by atoms with van der Waals surface area (Å²) >= 11 is 6.29. The lowest BCUT2D eigenvalue weighted by molar-refractivity contribution is -0.139. The third kappa shape index (κ3) is 4.42. The molecule has 0 atom stereocenters. The lowest BCUT2D eigenvalue weighted by Gasteiger charge is -2.15. The molecular formula is C19H20ClFO4. The van der Waals surface area contributed by atoms with Gasteiger partial charge in [-0.15, -0.1) is 0 Å². The number of carboxylic acid groups (broad SMARTS) is 1. The van der Waals surface area contributed by atoms with Crippen LogP contribution in [0.15, 0.2) is 24.3 Å². The zero-order valence-electron chi connectivity index (χ0n) is 14.3. The van der Waals surface area contributed by atoms with Gasteiger partial charge in [0.15, 0.2) is 6.61 Å². The van der Waals surface area contributed by atoms with E-state index in [1.54, 1.807) is 19.1 Å². The largest absolute Gasteiger partial charge is 0.508 e. The second-order valence-corrected chi connectivity index (χ2v) is 6.59. The number of phenols is 1. The summed E-state index contributed by atoms with van der Waals surface area (Å²) in [6, 6.07) is 6.23. The number of aliphatic carboxylic acids is 1. The fraction of sp³-hybridized carbons (Fsp3) is 0.316. The molecule has 2 aromatic carbocycles. The lowest BCUT2D eigenvalue weighted by Crippen LogP contribution is -2.10. The number of rotatable bonds is 6. The van der Waals surface area contributed by atoms with E-state index in [2.05, 4.69) is 0 Å². The monoisotopic (exact) mass is 366 g/mol. The molecule has 0 saturated heterocycles. The lowest BCUT2D eigenvalue weighted by atomic mass is 9.94. The summed E-state index contributed by atoms with van der Waals surface area (Å²) < 4.78 is 19.9. The molecule has 134 valence electrons. The molecule has 2 rings (SSSR count). The Morgan fingerprint density at radius 3 is 2.56 bits per heavy atom. The van der Waals surface area contributed by atoms with E-state index in [1.807, 2.05) is 13.8 Å². The number of aromatic hydroxyl groups is 1. The Kier molecular flexibility index (Phi) is 5.90. The molecule has 0 amide bonds. The number of carboxylic acids is 1. The number of ether oxygens (including phenoxy) is 1. The molecule has 0 radical (unpaired) electrons. The van der Waals surface area contributed by atoms with Crippen molar-refractivity contribution in [1.29, 1.82) is 0 Å². The Labute approximate surface area is 150 Å². The highest BCUT2D eigenvalue weighted by Gasteiger charge is 2.18. The minimum atomic E-state index is -1.08. The molecule has 4 nitrogen and oxygen atoms in total. The van der Waals surface area contributed by atoms with Crippen molar-refractivity contribution in [3.63, 3.8) is 0 Å². The first-order chi connectivity index (χ1) is 11.7. The van der Waals surface area contributed by atoms with E-state index >= 15 is 0 Å². The van der Waals surface area contributed by atoms with Gasteiger partial charge in [0.1, 0.15) is 17.3 Å². The predicted octanol–water partition coefficient (Wildman–Crippen LogP) is 4.67. The first-order valence-corrected chi connectivity index (χ1v) is 8.22. The summed E-state index contributed by atoms with van der Waals surface area (Å²) in [4.78, 5) is 10.6. The van der Waals surface area contributed by atoms with Gasteiger partial charge in [-0.05, 0) is 47.7 Å². The van der Waals surface area contributed by atoms with Gasteiger partial charge in [-0.1, -0.05) is 31.5 Å². The first-order valence-electron chi connectivity index (χ1n) is 7.84. The molecule has 0 aromatic heterocycles. The quantitative estimate of drug-likeness (QED) is 0.779. The van der Waals surface area contributed by atoms with Crippen molar-refractivity contribution in [2.75, 3.05) is 6.61 Å². The summed E-state index contributed by atoms with van der Waals surface area (Å²) in [6.07, 6.45) is 0.260. The van der Waals surface area contributed by atoms with Gasteiger partial charge in [0.2, 0.25) is 0 Å². The van der Waals surface area contributed by atoms with E-state index in [9.17, 15) is 14.3 Å². The van der Waals surface area contributed by atoms with Crippen LogP contribution in [-0.2, 0) is 11.2 Å². The van der Waals surface area contributed by atoms with Crippen molar-refractivity contribution in [3.05, 3.63) is 57.4 Å². The molecule has 0 bridgehead atoms. The number of hydrogen-bond donors (Lipinski definition) is 2. The van der Waals surface area contributed by atoms with Gasteiger partial charge in [0.25, 0.3) is 0 Å². The number of carbonyl (C=O) groups is 1. The van der Waals surface area contributed by atoms with Crippen LogP contribution in [0, 0.1) is 12.7 Å². The van der Waals surface area contributed by atoms with Crippen LogP contribution in [0.5, 0.6) is 11.5 Å². The Morgan fingerprint density at radius 1 is 1.32 bits per heavy atom. The topological polar surface area (TPSA) is 66.8 Å². The van der Waals surface area contributed by atoms with Crippen molar-refractivity contribution >= 4 is 17.6 Å². The smallest absolute Gasteiger partial charge is 0.341 e. The Morgan fingerprint density at radius 2 is 2.00 bits per heavy atom. The van der Waals surface area contributed by atoms with Gasteiger partial charge < -0.3 is 14.9 Å². The second-order valence-electron chi connectivity index (χ2n) is 6.19. The number of halogens is 2. The first kappa shape index (κ1) is 19.1. The molecule has 0 aliphatic carbocycles. The highest BCUT2D eigenvalue weighted by atomic mass is 35.5. The average Bonchev–Trinajstić information content (AvgIpc) is 2.50. The molecule has 2 aromatic rings. The number of aryl methyl sites for hydroxylation is 1. The molecule has 25 heavy (non-hydrogen) atoms. The maximum atomic E-state index is 14.7. The highest BCUT2D eigenvalue weighted by Crippen LogP contribution is 2.33. The molecule has 0 aliphatic heterocycles. The van der Waals surface area contributed by atoms with Crippen molar-refractivity contribution in [2.24, 2.45) is 0 Å². The van der Waals surface area contributed by atoms with E-state index < -0.39 is 18.4 Å². The van der Waals surface area contributed by atoms with Crippen LogP contribution in [0.1, 0.15) is 42.0 Å². The van der Waals surface area contributed by atoms with Gasteiger partial charge in [-0.3, -0.25) is 0 Å². The van der Waals surface area contributed by atoms with Crippen LogP contribution in [0.4, 0.5) is 4.39 Å². The molecule has 0 saturated carbocycles. The molecule has 6 heteroatoms. The molecule has 2 N–H and O–H groups in total. The van der Waals surface area contributed by atoms with Gasteiger partial charge in [-0.2, -0.15) is 0 Å². The number of benzene rings is 2. The van der Waals surface area contributed by atoms with Crippen LogP contribution in [0.3, 0.4) is 0 Å². The molecule has 0 spiro atoms. The van der Waals surface area contributed by atoms with E-state index in [4.69, 9.17) is 21.4 Å². The number of phenolic OH excluding ortho intramolecular Hbond substituents is 1. The maximum absolute atomic E-state index is 14.7. The van der Waals surface area contributed by atoms with Crippen LogP contribution in [0.2, 0.25) is 5.02 Å². The average molecular weight is 367 g/mol. The fourth-order valence-electron chi connectivity index (χ4n) is 2.70. The Hall–Kier alpha value is -2.27. The molecule has 0 aliphatic rings. The van der Waals surface area contributed by atoms with Crippen molar-refractivity contribution in [1.82, 2.24) is 0 Å². The van der Waals surface area contributed by atoms with Crippen molar-refractivity contribution in [2.45, 2.75) is 33.1 Å². The van der Waals surface area contributed by atoms with Crippen LogP contribution in [0.25, 0.3) is 0 Å². The summed E-state index contributed by atoms with van der Waals surface area (Å²) in [5.41, 5.74) is 2.22. The third-order valence-electron chi connectivity index (χ3n) is 3.94. The van der Waals surface area contributed by atoms with Crippen LogP contribution < -0.4 is 4.74 Å². The fourth-order valence-corrected chi connectivity index (χ4v) is 3.02. The van der Waals surface area contributed by atoms with Crippen molar-refractivity contribution < 1.29 is 24.1 Å². The molecule has 0 heterocycles. The van der Waals surface area contributed by atoms with E-state index in [0.29, 0.717) is 16.3 Å². The standard InChI is InChI=1S/C19H20ClFO4/c1-10(2)18-16(22)5-4-12(19(18)21)7-14-11(3)6-13(8-15(14)20)25-9-17(23)24/h4-6,8,10,22H,7,9H2,1-3H3,(H,23,24). The Balaban J connectivity index is 2.35. The van der Waals surface area contributed by atoms with Gasteiger partial charge in [0, 0.05) is 17.0 Å².